The molecule has 4 heterocycles. The Balaban J connectivity index is 0.000000145. The van der Waals surface area contributed by atoms with E-state index in [0.29, 0.717) is 52.6 Å². The molecule has 0 atom stereocenters. The van der Waals surface area contributed by atoms with Gasteiger partial charge >= 0.3 is 0 Å². The second-order valence-corrected chi connectivity index (χ2v) is 10.7. The number of nitrogens with one attached hydrogen (secondary N) is 1. The first-order chi connectivity index (χ1) is 22.0. The van der Waals surface area contributed by atoms with E-state index in [1.807, 2.05) is 109 Å². The van der Waals surface area contributed by atoms with Crippen molar-refractivity contribution in [2.24, 2.45) is 10.2 Å². The van der Waals surface area contributed by atoms with Crippen LogP contribution < -0.4 is 0 Å². The van der Waals surface area contributed by atoms with Crippen molar-refractivity contribution in [1.82, 2.24) is 14.1 Å². The molecular weight excluding hydrogens is 566 g/mol. The number of aromatic amines is 1. The molecule has 0 unspecified atom stereocenters. The number of Topliss-reactive ketones (excluding diaryl/α,β-unsaturated/α-hetero) is 1. The standard InChI is InChI=1S/C18H15N3O2.C18H14N2O2/c1-2-21-14-10-6-4-8-12(14)15(18(21)22)17-16(20-23)11-7-3-5-9-13(11)19-17;1-2-20-14-10-6-4-8-12(14)15(18(20)22)16-17(21)11-7-3-5-9-13(11)19-16/h3-10,19,22H,2H2,1H3;3-10,22H,2H2,1H3. The summed E-state index contributed by atoms with van der Waals surface area (Å²) in [4.78, 5) is 31.8. The Kier molecular flexibility index (Phi) is 6.78. The normalized spacial score (nSPS) is 12.4. The highest BCUT2D eigenvalue weighted by molar-refractivity contribution is 6.56. The van der Waals surface area contributed by atoms with Gasteiger partial charge in [-0.15, -0.1) is 4.91 Å². The van der Waals surface area contributed by atoms with Gasteiger partial charge in [-0.05, 0) is 49.4 Å². The molecule has 222 valence electrons. The fraction of sp³-hybridized carbons (Fsp3) is 0.111. The predicted molar refractivity (Wildman–Crippen MR) is 178 cm³/mol. The highest BCUT2D eigenvalue weighted by Gasteiger charge is 2.31. The van der Waals surface area contributed by atoms with E-state index in [0.717, 1.165) is 32.7 Å². The number of fused-ring (bicyclic) bond motifs is 4. The number of aliphatic imine (C=N–C) groups is 1. The zero-order valence-electron chi connectivity index (χ0n) is 24.7. The van der Waals surface area contributed by atoms with E-state index in [9.17, 15) is 19.9 Å². The topological polar surface area (TPSA) is 125 Å². The van der Waals surface area contributed by atoms with Gasteiger partial charge in [0.05, 0.1) is 33.5 Å². The van der Waals surface area contributed by atoms with Crippen molar-refractivity contribution in [2.45, 2.75) is 26.9 Å². The molecule has 0 radical (unpaired) electrons. The van der Waals surface area contributed by atoms with Gasteiger partial charge in [-0.3, -0.25) is 4.79 Å². The number of ketones is 1. The molecule has 1 aliphatic rings. The van der Waals surface area contributed by atoms with Crippen LogP contribution in [0.4, 0.5) is 11.4 Å². The van der Waals surface area contributed by atoms with Gasteiger partial charge in [-0.1, -0.05) is 66.7 Å². The summed E-state index contributed by atoms with van der Waals surface area (Å²) < 4.78 is 3.62. The summed E-state index contributed by atoms with van der Waals surface area (Å²) in [5.74, 6) is 0.110. The van der Waals surface area contributed by atoms with Crippen LogP contribution in [0.1, 0.15) is 29.8 Å². The van der Waals surface area contributed by atoms with Crippen molar-refractivity contribution in [3.63, 3.8) is 0 Å². The van der Waals surface area contributed by atoms with Crippen LogP contribution in [0.25, 0.3) is 44.0 Å². The van der Waals surface area contributed by atoms with Crippen LogP contribution >= 0.6 is 0 Å². The molecule has 0 bridgehead atoms. The Morgan fingerprint density at radius 1 is 0.711 bits per heavy atom. The van der Waals surface area contributed by atoms with E-state index < -0.39 is 0 Å². The molecule has 0 saturated carbocycles. The summed E-state index contributed by atoms with van der Waals surface area (Å²) in [6.45, 7) is 5.19. The third kappa shape index (κ3) is 4.23. The zero-order valence-corrected chi connectivity index (χ0v) is 24.7. The first-order valence-electron chi connectivity index (χ1n) is 14.8. The van der Waals surface area contributed by atoms with Crippen molar-refractivity contribution in [1.29, 1.82) is 0 Å². The van der Waals surface area contributed by atoms with E-state index in [4.69, 9.17) is 0 Å². The Morgan fingerprint density at radius 2 is 1.24 bits per heavy atom. The minimum Gasteiger partial charge on any atom is -0.494 e. The summed E-state index contributed by atoms with van der Waals surface area (Å²) in [6.07, 6.45) is 0. The fourth-order valence-electron chi connectivity index (χ4n) is 6.33. The number of aryl methyl sites for hydroxylation is 2. The van der Waals surface area contributed by atoms with Gasteiger partial charge < -0.3 is 24.3 Å². The van der Waals surface area contributed by atoms with Crippen LogP contribution in [0.15, 0.2) is 107 Å². The van der Waals surface area contributed by atoms with Crippen LogP contribution in [0.3, 0.4) is 0 Å². The number of benzene rings is 4. The van der Waals surface area contributed by atoms with Crippen LogP contribution in [0.5, 0.6) is 11.8 Å². The molecule has 9 heteroatoms. The molecule has 0 amide bonds. The molecule has 0 aliphatic carbocycles. The molecule has 45 heavy (non-hydrogen) atoms. The number of nitroso groups, excluding NO2 is 1. The molecule has 0 fully saturated rings. The maximum Gasteiger partial charge on any atom is 0.214 e. The summed E-state index contributed by atoms with van der Waals surface area (Å²) in [6, 6.07) is 30.2. The smallest absolute Gasteiger partial charge is 0.214 e. The first-order valence-corrected chi connectivity index (χ1v) is 14.8. The average molecular weight is 596 g/mol. The summed E-state index contributed by atoms with van der Waals surface area (Å²) in [7, 11) is 0. The summed E-state index contributed by atoms with van der Waals surface area (Å²) in [5, 5.41) is 27.0. The maximum atomic E-state index is 12.6. The quantitative estimate of drug-likeness (QED) is 0.172. The molecule has 9 nitrogen and oxygen atoms in total. The largest absolute Gasteiger partial charge is 0.494 e. The molecule has 3 N–H and O–H groups in total. The van der Waals surface area contributed by atoms with Crippen LogP contribution in [0, 0.1) is 4.91 Å². The average Bonchev–Trinajstić information content (AvgIpc) is 3.77. The van der Waals surface area contributed by atoms with E-state index in [2.05, 4.69) is 15.2 Å². The number of carbonyl (C=O) groups is 1. The first kappa shape index (κ1) is 27.8. The highest BCUT2D eigenvalue weighted by Crippen LogP contribution is 2.45. The van der Waals surface area contributed by atoms with E-state index in [1.54, 1.807) is 10.6 Å². The number of hydrogen-bond donors (Lipinski definition) is 3. The lowest BCUT2D eigenvalue weighted by Gasteiger charge is -2.02. The van der Waals surface area contributed by atoms with Crippen LogP contribution in [-0.4, -0.2) is 35.8 Å². The number of para-hydroxylation sites is 4. The number of aromatic hydroxyl groups is 2. The van der Waals surface area contributed by atoms with Crippen molar-refractivity contribution in [2.75, 3.05) is 0 Å². The Bertz CT molecular complexity index is 2320. The molecule has 4 aromatic carbocycles. The van der Waals surface area contributed by atoms with Crippen molar-refractivity contribution >= 4 is 55.6 Å². The Labute approximate surface area is 257 Å². The molecule has 0 saturated heterocycles. The van der Waals surface area contributed by atoms with Gasteiger partial charge in [0.1, 0.15) is 11.4 Å². The van der Waals surface area contributed by atoms with Gasteiger partial charge in [0.25, 0.3) is 0 Å². The molecule has 8 rings (SSSR count). The molecular formula is C36H29N5O4. The van der Waals surface area contributed by atoms with E-state index >= 15 is 0 Å². The number of carbonyl (C=O) groups excluding carboxylic acids is 1. The van der Waals surface area contributed by atoms with E-state index in [1.165, 1.54) is 0 Å². The van der Waals surface area contributed by atoms with Crippen molar-refractivity contribution in [3.05, 3.63) is 113 Å². The van der Waals surface area contributed by atoms with Crippen LogP contribution in [-0.2, 0) is 13.1 Å². The minimum atomic E-state index is -0.134. The van der Waals surface area contributed by atoms with Crippen molar-refractivity contribution < 1.29 is 15.0 Å². The van der Waals surface area contributed by atoms with Gasteiger partial charge in [-0.25, -0.2) is 4.99 Å². The van der Waals surface area contributed by atoms with Crippen molar-refractivity contribution in [3.8, 4) is 23.0 Å². The summed E-state index contributed by atoms with van der Waals surface area (Å²) >= 11 is 0. The van der Waals surface area contributed by atoms with Gasteiger partial charge in [0, 0.05) is 40.3 Å². The number of H-pyrrole nitrogens is 1. The minimum absolute atomic E-state index is 0.101. The highest BCUT2D eigenvalue weighted by atomic mass is 16.3. The number of nitrogens with zero attached hydrogens (tertiary/aromatic N) is 4. The van der Waals surface area contributed by atoms with Crippen LogP contribution in [0.2, 0.25) is 0 Å². The maximum absolute atomic E-state index is 12.6. The third-order valence-electron chi connectivity index (χ3n) is 8.37. The van der Waals surface area contributed by atoms with Gasteiger partial charge in [0.2, 0.25) is 17.5 Å². The lowest BCUT2D eigenvalue weighted by atomic mass is 10.0. The monoisotopic (exact) mass is 595 g/mol. The number of hydrogen-bond acceptors (Lipinski definition) is 6. The summed E-state index contributed by atoms with van der Waals surface area (Å²) in [5.41, 5.74) is 6.26. The lowest BCUT2D eigenvalue weighted by molar-refractivity contribution is 0.107. The number of rotatable bonds is 5. The van der Waals surface area contributed by atoms with E-state index in [-0.39, 0.29) is 17.5 Å². The fourth-order valence-corrected chi connectivity index (χ4v) is 6.33. The molecule has 7 aromatic rings. The van der Waals surface area contributed by atoms with Gasteiger partial charge in [0.15, 0.2) is 0 Å². The Morgan fingerprint density at radius 3 is 1.87 bits per heavy atom. The third-order valence-corrected chi connectivity index (χ3v) is 8.37. The molecule has 3 aromatic heterocycles. The predicted octanol–water partition coefficient (Wildman–Crippen LogP) is 8.60. The lowest BCUT2D eigenvalue weighted by Crippen LogP contribution is -2.11. The zero-order chi connectivity index (χ0) is 31.2. The van der Waals surface area contributed by atoms with Gasteiger partial charge in [-0.2, -0.15) is 0 Å². The number of aromatic nitrogens is 3. The molecule has 1 aliphatic heterocycles. The molecule has 0 spiro atoms. The SMILES string of the molecule is CCn1c(O)c(-c2[nH]c3ccccc3c2N=O)c2ccccc21.CCn1c(O)c(C2=Nc3ccccc3C2=O)c2ccccc21. The second-order valence-electron chi connectivity index (χ2n) is 10.7. The Hall–Kier alpha value is -5.96. The second kappa shape index (κ2) is 10.9.